The lowest BCUT2D eigenvalue weighted by atomic mass is 10.3. The van der Waals surface area contributed by atoms with Crippen LogP contribution in [0.4, 0.5) is 0 Å². The molecule has 0 saturated carbocycles. The van der Waals surface area contributed by atoms with Gasteiger partial charge >= 0.3 is 0 Å². The fraction of sp³-hybridized carbons (Fsp3) is 0.0769. The summed E-state index contributed by atoms with van der Waals surface area (Å²) in [5.74, 6) is 0.705. The van der Waals surface area contributed by atoms with Gasteiger partial charge in [-0.25, -0.2) is 8.42 Å². The molecule has 0 radical (unpaired) electrons. The van der Waals surface area contributed by atoms with Gasteiger partial charge in [-0.05, 0) is 36.4 Å². The monoisotopic (exact) mass is 280 g/mol. The summed E-state index contributed by atoms with van der Waals surface area (Å²) in [4.78, 5) is 0.977. The van der Waals surface area contributed by atoms with Gasteiger partial charge in [-0.2, -0.15) is 0 Å². The van der Waals surface area contributed by atoms with Crippen LogP contribution in [0, 0.1) is 0 Å². The SMILES string of the molecule is COc1ccc(SS(=O)(=O)c2ccccc2)cc1. The van der Waals surface area contributed by atoms with Crippen molar-refractivity contribution in [2.75, 3.05) is 7.11 Å². The van der Waals surface area contributed by atoms with E-state index in [9.17, 15) is 8.42 Å². The van der Waals surface area contributed by atoms with Gasteiger partial charge in [0.15, 0.2) is 0 Å². The summed E-state index contributed by atoms with van der Waals surface area (Å²) in [6.45, 7) is 0. The third-order valence-electron chi connectivity index (χ3n) is 2.30. The van der Waals surface area contributed by atoms with E-state index >= 15 is 0 Å². The van der Waals surface area contributed by atoms with Gasteiger partial charge in [0.2, 0.25) is 8.87 Å². The predicted molar refractivity (Wildman–Crippen MR) is 72.5 cm³/mol. The Morgan fingerprint density at radius 2 is 1.56 bits per heavy atom. The lowest BCUT2D eigenvalue weighted by Gasteiger charge is -2.04. The van der Waals surface area contributed by atoms with Crippen LogP contribution in [-0.2, 0) is 8.87 Å². The molecule has 94 valence electrons. The van der Waals surface area contributed by atoms with Crippen LogP contribution in [0.25, 0.3) is 0 Å². The highest BCUT2D eigenvalue weighted by Gasteiger charge is 2.15. The summed E-state index contributed by atoms with van der Waals surface area (Å²) in [7, 11) is -0.950. The zero-order valence-electron chi connectivity index (χ0n) is 9.74. The van der Waals surface area contributed by atoms with E-state index in [0.29, 0.717) is 15.5 Å². The van der Waals surface area contributed by atoms with Crippen molar-refractivity contribution in [3.63, 3.8) is 0 Å². The second-order valence-electron chi connectivity index (χ2n) is 3.53. The molecular weight excluding hydrogens is 268 g/mol. The molecule has 0 unspecified atom stereocenters. The quantitative estimate of drug-likeness (QED) is 0.807. The fourth-order valence-electron chi connectivity index (χ4n) is 1.39. The van der Waals surface area contributed by atoms with Gasteiger partial charge in [-0.15, -0.1) is 0 Å². The summed E-state index contributed by atoms with van der Waals surface area (Å²) >= 11 is 0. The van der Waals surface area contributed by atoms with Crippen molar-refractivity contribution in [3.8, 4) is 5.75 Å². The Bertz CT molecular complexity index is 604. The first-order valence-electron chi connectivity index (χ1n) is 5.25. The number of ether oxygens (including phenoxy) is 1. The third kappa shape index (κ3) is 3.05. The Labute approximate surface area is 110 Å². The molecule has 0 fully saturated rings. The standard InChI is InChI=1S/C13H12O3S2/c1-16-11-7-9-12(10-8-11)17-18(14,15)13-5-3-2-4-6-13/h2-10H,1H3. The minimum Gasteiger partial charge on any atom is -0.497 e. The van der Waals surface area contributed by atoms with Crippen molar-refractivity contribution in [3.05, 3.63) is 54.6 Å². The smallest absolute Gasteiger partial charge is 0.234 e. The molecular formula is C13H12O3S2. The molecule has 0 atom stereocenters. The molecule has 3 nitrogen and oxygen atoms in total. The number of methoxy groups -OCH3 is 1. The topological polar surface area (TPSA) is 43.4 Å². The summed E-state index contributed by atoms with van der Waals surface area (Å²) < 4.78 is 29.2. The lowest BCUT2D eigenvalue weighted by molar-refractivity contribution is 0.414. The van der Waals surface area contributed by atoms with Crippen molar-refractivity contribution in [2.24, 2.45) is 0 Å². The van der Waals surface area contributed by atoms with E-state index in [1.165, 1.54) is 0 Å². The van der Waals surface area contributed by atoms with E-state index in [2.05, 4.69) is 0 Å². The van der Waals surface area contributed by atoms with Crippen LogP contribution in [0.1, 0.15) is 0 Å². The van der Waals surface area contributed by atoms with Gasteiger partial charge in [0.05, 0.1) is 12.0 Å². The first-order chi connectivity index (χ1) is 8.62. The first-order valence-corrected chi connectivity index (χ1v) is 8.07. The Balaban J connectivity index is 2.22. The van der Waals surface area contributed by atoms with E-state index < -0.39 is 8.87 Å². The molecule has 0 heterocycles. The van der Waals surface area contributed by atoms with E-state index in [1.807, 2.05) is 0 Å². The molecule has 18 heavy (non-hydrogen) atoms. The number of rotatable bonds is 4. The molecule has 0 aromatic heterocycles. The second kappa shape index (κ2) is 5.46. The molecule has 5 heteroatoms. The normalized spacial score (nSPS) is 11.2. The zero-order chi connectivity index (χ0) is 13.0. The van der Waals surface area contributed by atoms with Crippen LogP contribution in [0.5, 0.6) is 5.75 Å². The molecule has 2 rings (SSSR count). The number of hydrogen-bond donors (Lipinski definition) is 0. The van der Waals surface area contributed by atoms with Crippen LogP contribution in [0.3, 0.4) is 0 Å². The maximum absolute atomic E-state index is 12.1. The predicted octanol–water partition coefficient (Wildman–Crippen LogP) is 3.18. The largest absolute Gasteiger partial charge is 0.497 e. The molecule has 0 aliphatic rings. The van der Waals surface area contributed by atoms with Gasteiger partial charge in [0, 0.05) is 15.7 Å². The molecule has 2 aromatic rings. The molecule has 0 spiro atoms. The zero-order valence-corrected chi connectivity index (χ0v) is 11.4. The highest BCUT2D eigenvalue weighted by atomic mass is 33.1. The van der Waals surface area contributed by atoms with Crippen molar-refractivity contribution in [1.82, 2.24) is 0 Å². The van der Waals surface area contributed by atoms with Gasteiger partial charge in [-0.1, -0.05) is 18.2 Å². The maximum Gasteiger partial charge on any atom is 0.234 e. The second-order valence-corrected chi connectivity index (χ2v) is 7.36. The van der Waals surface area contributed by atoms with Crippen molar-refractivity contribution in [2.45, 2.75) is 9.79 Å². The summed E-state index contributed by atoms with van der Waals surface area (Å²) in [5, 5.41) is 0. The van der Waals surface area contributed by atoms with Crippen molar-refractivity contribution < 1.29 is 13.2 Å². The van der Waals surface area contributed by atoms with Crippen LogP contribution in [-0.4, -0.2) is 15.5 Å². The van der Waals surface area contributed by atoms with E-state index in [-0.39, 0.29) is 0 Å². The van der Waals surface area contributed by atoms with Gasteiger partial charge in [-0.3, -0.25) is 0 Å². The highest BCUT2D eigenvalue weighted by Crippen LogP contribution is 2.31. The van der Waals surface area contributed by atoms with Crippen LogP contribution in [0.15, 0.2) is 64.4 Å². The van der Waals surface area contributed by atoms with Crippen molar-refractivity contribution in [1.29, 1.82) is 0 Å². The summed E-state index contributed by atoms with van der Waals surface area (Å²) in [6.07, 6.45) is 0. The first kappa shape index (κ1) is 13.0. The van der Waals surface area contributed by atoms with E-state index in [1.54, 1.807) is 61.7 Å². The highest BCUT2D eigenvalue weighted by molar-refractivity contribution is 8.72. The Morgan fingerprint density at radius 1 is 0.944 bits per heavy atom. The van der Waals surface area contributed by atoms with Gasteiger partial charge < -0.3 is 4.74 Å². The average Bonchev–Trinajstić information content (AvgIpc) is 2.40. The molecule has 0 saturated heterocycles. The third-order valence-corrected chi connectivity index (χ3v) is 5.64. The van der Waals surface area contributed by atoms with Crippen LogP contribution < -0.4 is 4.74 Å². The number of benzene rings is 2. The molecule has 0 amide bonds. The molecule has 0 aliphatic heterocycles. The van der Waals surface area contributed by atoms with E-state index in [4.69, 9.17) is 4.74 Å². The van der Waals surface area contributed by atoms with Crippen LogP contribution in [0.2, 0.25) is 0 Å². The molecule has 0 N–H and O–H groups in total. The lowest BCUT2D eigenvalue weighted by Crippen LogP contribution is -1.94. The average molecular weight is 280 g/mol. The summed E-state index contributed by atoms with van der Waals surface area (Å²) in [5.41, 5.74) is 0. The number of hydrogen-bond acceptors (Lipinski definition) is 4. The fourth-order valence-corrected chi connectivity index (χ4v) is 4.20. The molecule has 0 bridgehead atoms. The van der Waals surface area contributed by atoms with E-state index in [0.717, 1.165) is 10.8 Å². The minimum atomic E-state index is -3.36. The molecule has 0 aliphatic carbocycles. The van der Waals surface area contributed by atoms with Crippen LogP contribution >= 0.6 is 10.8 Å². The Kier molecular flexibility index (Phi) is 3.93. The van der Waals surface area contributed by atoms with Crippen molar-refractivity contribution >= 4 is 19.7 Å². The Morgan fingerprint density at radius 3 is 2.11 bits per heavy atom. The molecule has 2 aromatic carbocycles. The maximum atomic E-state index is 12.1. The van der Waals surface area contributed by atoms with Gasteiger partial charge in [0.1, 0.15) is 5.75 Å². The Hall–Kier alpha value is -1.46. The minimum absolute atomic E-state index is 0.311. The summed E-state index contributed by atoms with van der Waals surface area (Å²) in [6, 6.07) is 15.3. The van der Waals surface area contributed by atoms with Gasteiger partial charge in [0.25, 0.3) is 0 Å².